The maximum Gasteiger partial charge on any atom is 0.261 e. The number of ether oxygens (including phenoxy) is 1. The minimum Gasteiger partial charge on any atom is -0.484 e. The van der Waals surface area contributed by atoms with Crippen LogP contribution < -0.4 is 4.74 Å². The van der Waals surface area contributed by atoms with Crippen molar-refractivity contribution < 1.29 is 14.3 Å². The van der Waals surface area contributed by atoms with Gasteiger partial charge in [0.1, 0.15) is 11.5 Å². The zero-order valence-corrected chi connectivity index (χ0v) is 15.2. The molecule has 0 heterocycles. The average molecular weight is 331 g/mol. The van der Waals surface area contributed by atoms with E-state index in [0.717, 1.165) is 24.8 Å². The second kappa shape index (κ2) is 8.32. The molecule has 0 radical (unpaired) electrons. The number of carbonyl (C=O) groups is 2. The molecule has 0 bridgehead atoms. The lowest BCUT2D eigenvalue weighted by Gasteiger charge is -2.32. The van der Waals surface area contributed by atoms with Crippen molar-refractivity contribution >= 4 is 11.7 Å². The Balaban J connectivity index is 1.87. The Hall–Kier alpha value is -1.84. The number of hydrogen-bond acceptors (Lipinski definition) is 3. The highest BCUT2D eigenvalue weighted by Crippen LogP contribution is 2.30. The predicted octanol–water partition coefficient (Wildman–Crippen LogP) is 3.62. The van der Waals surface area contributed by atoms with Gasteiger partial charge in [0.2, 0.25) is 0 Å². The van der Waals surface area contributed by atoms with Gasteiger partial charge in [0.15, 0.2) is 6.61 Å². The fraction of sp³-hybridized carbons (Fsp3) is 0.600. The molecule has 0 N–H and O–H groups in total. The molecule has 0 saturated heterocycles. The van der Waals surface area contributed by atoms with Gasteiger partial charge in [-0.1, -0.05) is 26.0 Å². The van der Waals surface area contributed by atoms with Crippen LogP contribution in [0.25, 0.3) is 0 Å². The van der Waals surface area contributed by atoms with E-state index >= 15 is 0 Å². The van der Waals surface area contributed by atoms with Crippen molar-refractivity contribution in [3.8, 4) is 5.75 Å². The molecule has 1 saturated carbocycles. The first-order valence-corrected chi connectivity index (χ1v) is 8.90. The number of rotatable bonds is 9. The van der Waals surface area contributed by atoms with Crippen LogP contribution in [0, 0.1) is 5.92 Å². The van der Waals surface area contributed by atoms with Crippen LogP contribution in [0.4, 0.5) is 0 Å². The zero-order valence-electron chi connectivity index (χ0n) is 15.2. The third-order valence-corrected chi connectivity index (χ3v) is 4.68. The SMILES string of the molecule is CC(=O)CCc1ccc(OCC(=O)N(C2CC2)C(C)C(C)C)cc1. The Morgan fingerprint density at radius 3 is 2.29 bits per heavy atom. The molecule has 4 heteroatoms. The largest absolute Gasteiger partial charge is 0.484 e. The van der Waals surface area contributed by atoms with Crippen molar-refractivity contribution in [1.29, 1.82) is 0 Å². The van der Waals surface area contributed by atoms with Crippen LogP contribution in [0.5, 0.6) is 5.75 Å². The van der Waals surface area contributed by atoms with Crippen molar-refractivity contribution in [2.45, 2.75) is 65.5 Å². The summed E-state index contributed by atoms with van der Waals surface area (Å²) >= 11 is 0. The van der Waals surface area contributed by atoms with Crippen molar-refractivity contribution in [2.75, 3.05) is 6.61 Å². The molecule has 1 fully saturated rings. The lowest BCUT2D eigenvalue weighted by Crippen LogP contribution is -2.45. The van der Waals surface area contributed by atoms with Crippen LogP contribution in [-0.4, -0.2) is 35.3 Å². The molecule has 0 aliphatic heterocycles. The Morgan fingerprint density at radius 1 is 1.17 bits per heavy atom. The van der Waals surface area contributed by atoms with Crippen molar-refractivity contribution in [1.82, 2.24) is 4.90 Å². The third kappa shape index (κ3) is 5.36. The fourth-order valence-corrected chi connectivity index (χ4v) is 2.73. The molecule has 1 aliphatic carbocycles. The van der Waals surface area contributed by atoms with Crippen LogP contribution in [0.2, 0.25) is 0 Å². The van der Waals surface area contributed by atoms with Crippen LogP contribution in [0.3, 0.4) is 0 Å². The van der Waals surface area contributed by atoms with Gasteiger partial charge in [-0.2, -0.15) is 0 Å². The van der Waals surface area contributed by atoms with Crippen molar-refractivity contribution in [2.24, 2.45) is 5.92 Å². The Labute approximate surface area is 145 Å². The van der Waals surface area contributed by atoms with Gasteiger partial charge in [-0.25, -0.2) is 0 Å². The number of Topliss-reactive ketones (excluding diaryl/α,β-unsaturated/α-hetero) is 1. The summed E-state index contributed by atoms with van der Waals surface area (Å²) in [6, 6.07) is 8.29. The minimum atomic E-state index is 0.0688. The number of aryl methyl sites for hydroxylation is 1. The number of ketones is 1. The number of carbonyl (C=O) groups excluding carboxylic acids is 2. The maximum absolute atomic E-state index is 12.6. The van der Waals surface area contributed by atoms with E-state index in [2.05, 4.69) is 20.8 Å². The van der Waals surface area contributed by atoms with E-state index < -0.39 is 0 Å². The summed E-state index contributed by atoms with van der Waals surface area (Å²) in [6.45, 7) is 8.10. The van der Waals surface area contributed by atoms with Gasteiger partial charge in [-0.3, -0.25) is 4.79 Å². The first-order valence-electron chi connectivity index (χ1n) is 8.90. The summed E-state index contributed by atoms with van der Waals surface area (Å²) in [5, 5.41) is 0. The first-order chi connectivity index (χ1) is 11.4. The van der Waals surface area contributed by atoms with Gasteiger partial charge < -0.3 is 14.4 Å². The Bertz CT molecular complexity index is 561. The summed E-state index contributed by atoms with van der Waals surface area (Å²) in [7, 11) is 0. The smallest absolute Gasteiger partial charge is 0.261 e. The van der Waals surface area contributed by atoms with Crippen molar-refractivity contribution in [3.05, 3.63) is 29.8 Å². The molecule has 1 aromatic carbocycles. The number of benzene rings is 1. The van der Waals surface area contributed by atoms with Crippen molar-refractivity contribution in [3.63, 3.8) is 0 Å². The van der Waals surface area contributed by atoms with Gasteiger partial charge >= 0.3 is 0 Å². The van der Waals surface area contributed by atoms with E-state index in [9.17, 15) is 9.59 Å². The third-order valence-electron chi connectivity index (χ3n) is 4.68. The summed E-state index contributed by atoms with van der Waals surface area (Å²) in [5.41, 5.74) is 1.11. The van der Waals surface area contributed by atoms with E-state index in [1.165, 1.54) is 0 Å². The first kappa shape index (κ1) is 18.5. The van der Waals surface area contributed by atoms with Gasteiger partial charge in [0.05, 0.1) is 0 Å². The fourth-order valence-electron chi connectivity index (χ4n) is 2.73. The molecule has 1 amide bonds. The van der Waals surface area contributed by atoms with E-state index in [4.69, 9.17) is 4.74 Å². The van der Waals surface area contributed by atoms with Gasteiger partial charge in [0, 0.05) is 18.5 Å². The second-order valence-corrected chi connectivity index (χ2v) is 7.15. The lowest BCUT2D eigenvalue weighted by molar-refractivity contribution is -0.137. The number of hydrogen-bond donors (Lipinski definition) is 0. The molecule has 1 aromatic rings. The van der Waals surface area contributed by atoms with Crippen LogP contribution in [0.15, 0.2) is 24.3 Å². The summed E-state index contributed by atoms with van der Waals surface area (Å²) in [4.78, 5) is 25.6. The average Bonchev–Trinajstić information content (AvgIpc) is 3.36. The molecule has 1 aliphatic rings. The summed E-state index contributed by atoms with van der Waals surface area (Å²) in [5.74, 6) is 1.40. The Kier molecular flexibility index (Phi) is 6.41. The molecule has 132 valence electrons. The lowest BCUT2D eigenvalue weighted by atomic mass is 10.0. The van der Waals surface area contributed by atoms with Crippen LogP contribution in [-0.2, 0) is 16.0 Å². The highest BCUT2D eigenvalue weighted by Gasteiger charge is 2.36. The number of nitrogens with zero attached hydrogens (tertiary/aromatic N) is 1. The molecule has 2 rings (SSSR count). The predicted molar refractivity (Wildman–Crippen MR) is 95.1 cm³/mol. The zero-order chi connectivity index (χ0) is 17.7. The van der Waals surface area contributed by atoms with Gasteiger partial charge in [-0.05, 0) is 56.7 Å². The number of amides is 1. The van der Waals surface area contributed by atoms with Gasteiger partial charge in [0.25, 0.3) is 5.91 Å². The quantitative estimate of drug-likeness (QED) is 0.694. The molecule has 24 heavy (non-hydrogen) atoms. The molecule has 1 unspecified atom stereocenters. The van der Waals surface area contributed by atoms with Crippen LogP contribution in [0.1, 0.15) is 52.5 Å². The monoisotopic (exact) mass is 331 g/mol. The summed E-state index contributed by atoms with van der Waals surface area (Å²) in [6.07, 6.45) is 3.51. The molecule has 4 nitrogen and oxygen atoms in total. The van der Waals surface area contributed by atoms with E-state index in [1.54, 1.807) is 6.92 Å². The highest BCUT2D eigenvalue weighted by molar-refractivity contribution is 5.79. The topological polar surface area (TPSA) is 46.6 Å². The van der Waals surface area contributed by atoms with E-state index in [1.807, 2.05) is 29.2 Å². The molecule has 0 spiro atoms. The molecule has 1 atom stereocenters. The standard InChI is InChI=1S/C20H29NO3/c1-14(2)16(4)21(18-9-10-18)20(23)13-24-19-11-7-17(8-12-19)6-5-15(3)22/h7-8,11-12,14,16,18H,5-6,9-10,13H2,1-4H3. The molecular weight excluding hydrogens is 302 g/mol. The summed E-state index contributed by atoms with van der Waals surface area (Å²) < 4.78 is 5.68. The van der Waals surface area contributed by atoms with E-state index in [-0.39, 0.29) is 24.3 Å². The Morgan fingerprint density at radius 2 is 1.79 bits per heavy atom. The van der Waals surface area contributed by atoms with Gasteiger partial charge in [-0.15, -0.1) is 0 Å². The normalized spacial score (nSPS) is 15.2. The highest BCUT2D eigenvalue weighted by atomic mass is 16.5. The van der Waals surface area contributed by atoms with E-state index in [0.29, 0.717) is 24.1 Å². The maximum atomic E-state index is 12.6. The molecular formula is C20H29NO3. The van der Waals surface area contributed by atoms with Crippen LogP contribution >= 0.6 is 0 Å². The molecule has 0 aromatic heterocycles. The minimum absolute atomic E-state index is 0.0688. The second-order valence-electron chi connectivity index (χ2n) is 7.15.